The van der Waals surface area contributed by atoms with E-state index in [1.54, 1.807) is 36.4 Å². The van der Waals surface area contributed by atoms with Crippen LogP contribution in [0.5, 0.6) is 11.5 Å². The fourth-order valence-electron chi connectivity index (χ4n) is 4.47. The van der Waals surface area contributed by atoms with Crippen LogP contribution in [0, 0.1) is 0 Å². The number of nitrogens with one attached hydrogen (secondary N) is 3. The first-order valence-electron chi connectivity index (χ1n) is 10.8. The molecule has 3 amide bonds. The van der Waals surface area contributed by atoms with Gasteiger partial charge in [-0.3, -0.25) is 9.69 Å². The van der Waals surface area contributed by atoms with Crippen LogP contribution in [0.25, 0.3) is 0 Å². The van der Waals surface area contributed by atoms with Gasteiger partial charge < -0.3 is 19.8 Å². The van der Waals surface area contributed by atoms with E-state index in [2.05, 4.69) is 16.2 Å². The Labute approximate surface area is 202 Å². The van der Waals surface area contributed by atoms with Crippen molar-refractivity contribution in [2.75, 3.05) is 26.1 Å². The monoisotopic (exact) mass is 484 g/mol. The van der Waals surface area contributed by atoms with Crippen molar-refractivity contribution in [3.05, 3.63) is 65.5 Å². The van der Waals surface area contributed by atoms with E-state index in [0.717, 1.165) is 17.7 Å². The van der Waals surface area contributed by atoms with Gasteiger partial charge in [-0.15, -0.1) is 0 Å². The zero-order valence-corrected chi connectivity index (χ0v) is 19.5. The maximum Gasteiger partial charge on any atom is 0.340 e. The smallest absolute Gasteiger partial charge is 0.340 e. The van der Waals surface area contributed by atoms with Crippen molar-refractivity contribution in [3.63, 3.8) is 0 Å². The summed E-state index contributed by atoms with van der Waals surface area (Å²) in [6.45, 7) is -0.147. The number of methoxy groups -OCH3 is 2. The molecule has 3 N–H and O–H groups in total. The third-order valence-electron chi connectivity index (χ3n) is 6.19. The van der Waals surface area contributed by atoms with E-state index >= 15 is 0 Å². The highest BCUT2D eigenvalue weighted by Gasteiger charge is 2.48. The fourth-order valence-corrected chi connectivity index (χ4v) is 4.73. The molecule has 0 saturated carbocycles. The average Bonchev–Trinajstić information content (AvgIpc) is 3.41. The molecule has 2 fully saturated rings. The summed E-state index contributed by atoms with van der Waals surface area (Å²) < 4.78 is 10.4. The summed E-state index contributed by atoms with van der Waals surface area (Å²) in [6, 6.07) is 12.7. The van der Waals surface area contributed by atoms with Crippen molar-refractivity contribution in [1.82, 2.24) is 25.8 Å². The first kappa shape index (κ1) is 22.3. The van der Waals surface area contributed by atoms with Gasteiger partial charge in [-0.05, 0) is 42.3 Å². The average molecular weight is 485 g/mol. The molecule has 178 valence electrons. The summed E-state index contributed by atoms with van der Waals surface area (Å²) in [6.07, 6.45) is 4.06. The molecule has 0 aromatic heterocycles. The highest BCUT2D eigenvalue weighted by Crippen LogP contribution is 2.35. The van der Waals surface area contributed by atoms with Crippen LogP contribution in [-0.4, -0.2) is 59.8 Å². The third-order valence-corrected chi connectivity index (χ3v) is 6.48. The molecule has 0 radical (unpaired) electrons. The fraction of sp³-hybridized carbons (Fsp3) is 0.304. The van der Waals surface area contributed by atoms with Gasteiger partial charge in [0, 0.05) is 18.1 Å². The topological polar surface area (TPSA) is 98.4 Å². The lowest BCUT2D eigenvalue weighted by Crippen LogP contribution is -2.54. The molecule has 3 aliphatic rings. The largest absolute Gasteiger partial charge is 0.497 e. The van der Waals surface area contributed by atoms with Gasteiger partial charge in [-0.1, -0.05) is 23.7 Å². The molecule has 2 aromatic carbocycles. The number of nitrogens with zero attached hydrogens (tertiary/aromatic N) is 3. The molecule has 5 rings (SSSR count). The van der Waals surface area contributed by atoms with Crippen molar-refractivity contribution < 1.29 is 19.1 Å². The molecular weight excluding hydrogens is 460 g/mol. The van der Waals surface area contributed by atoms with Crippen LogP contribution in [0.4, 0.5) is 10.5 Å². The second-order valence-corrected chi connectivity index (χ2v) is 8.62. The van der Waals surface area contributed by atoms with Crippen molar-refractivity contribution in [1.29, 1.82) is 0 Å². The Bertz CT molecular complexity index is 1130. The van der Waals surface area contributed by atoms with Gasteiger partial charge in [0.2, 0.25) is 5.91 Å². The number of carbonyl (C=O) groups excluding carboxylic acids is 2. The number of hydrogen-bond donors (Lipinski definition) is 3. The molecule has 0 aliphatic carbocycles. The van der Waals surface area contributed by atoms with E-state index in [9.17, 15) is 9.59 Å². The number of fused-ring (bicyclic) bond motifs is 3. The number of hydrogen-bond acceptors (Lipinski definition) is 7. The number of benzene rings is 2. The molecule has 2 aromatic rings. The zero-order chi connectivity index (χ0) is 23.8. The van der Waals surface area contributed by atoms with Crippen molar-refractivity contribution in [2.24, 2.45) is 0 Å². The minimum Gasteiger partial charge on any atom is -0.497 e. The van der Waals surface area contributed by atoms with Crippen LogP contribution in [0.1, 0.15) is 18.0 Å². The Morgan fingerprint density at radius 2 is 1.91 bits per heavy atom. The van der Waals surface area contributed by atoms with E-state index in [1.807, 2.05) is 35.5 Å². The molecule has 3 atom stereocenters. The molecule has 0 spiro atoms. The van der Waals surface area contributed by atoms with Gasteiger partial charge in [0.15, 0.2) is 0 Å². The summed E-state index contributed by atoms with van der Waals surface area (Å²) in [7, 11) is 3.16. The maximum atomic E-state index is 12.9. The summed E-state index contributed by atoms with van der Waals surface area (Å²) in [5.41, 5.74) is 8.34. The highest BCUT2D eigenvalue weighted by molar-refractivity contribution is 6.32. The highest BCUT2D eigenvalue weighted by atomic mass is 35.5. The van der Waals surface area contributed by atoms with Crippen molar-refractivity contribution in [2.45, 2.75) is 24.7 Å². The Kier molecular flexibility index (Phi) is 5.94. The van der Waals surface area contributed by atoms with Gasteiger partial charge in [-0.25, -0.2) is 20.7 Å². The minimum absolute atomic E-state index is 0.00509. The Hall–Kier alpha value is -3.47. The molecular formula is C23H25ClN6O4. The normalized spacial score (nSPS) is 23.1. The van der Waals surface area contributed by atoms with Crippen LogP contribution in [0.15, 0.2) is 54.9 Å². The number of ether oxygens (including phenoxy) is 2. The number of halogens is 1. The lowest BCUT2D eigenvalue weighted by atomic mass is 10.00. The van der Waals surface area contributed by atoms with Gasteiger partial charge in [0.05, 0.1) is 31.3 Å². The predicted molar refractivity (Wildman–Crippen MR) is 126 cm³/mol. The molecule has 3 aliphatic heterocycles. The van der Waals surface area contributed by atoms with E-state index in [0.29, 0.717) is 16.5 Å². The first-order valence-corrected chi connectivity index (χ1v) is 11.2. The molecule has 2 saturated heterocycles. The summed E-state index contributed by atoms with van der Waals surface area (Å²) in [5, 5.41) is 6.50. The van der Waals surface area contributed by atoms with Crippen LogP contribution >= 0.6 is 11.6 Å². The van der Waals surface area contributed by atoms with E-state index in [1.165, 1.54) is 12.1 Å². The SMILES string of the molecule is COc1ccc(C2CC3C4NN(CC(=O)Nc5ccc(OC)c(Cl)c5)C(=O)N4C=CN3N2)cc1. The van der Waals surface area contributed by atoms with E-state index < -0.39 is 0 Å². The van der Waals surface area contributed by atoms with Gasteiger partial charge in [0.25, 0.3) is 0 Å². The first-order chi connectivity index (χ1) is 16.5. The standard InChI is InChI=1S/C23H25ClN6O4/c1-33-16-6-3-14(4-7-16)18-12-19-22-27-30(23(32)28(22)9-10-29(19)26-18)13-21(31)25-15-5-8-20(34-2)17(24)11-15/h3-11,18-19,22,26-27H,12-13H2,1-2H3,(H,25,31). The molecule has 11 heteroatoms. The van der Waals surface area contributed by atoms with Crippen LogP contribution in [0.2, 0.25) is 5.02 Å². The van der Waals surface area contributed by atoms with Gasteiger partial charge in [0.1, 0.15) is 24.2 Å². The summed E-state index contributed by atoms with van der Waals surface area (Å²) >= 11 is 6.13. The zero-order valence-electron chi connectivity index (χ0n) is 18.7. The summed E-state index contributed by atoms with van der Waals surface area (Å²) in [5.74, 6) is 0.977. The summed E-state index contributed by atoms with van der Waals surface area (Å²) in [4.78, 5) is 27.2. The lowest BCUT2D eigenvalue weighted by molar-refractivity contribution is -0.117. The Morgan fingerprint density at radius 1 is 1.12 bits per heavy atom. The minimum atomic E-state index is -0.344. The van der Waals surface area contributed by atoms with Gasteiger partial charge in [-0.2, -0.15) is 0 Å². The molecule has 3 unspecified atom stereocenters. The molecule has 3 heterocycles. The second kappa shape index (κ2) is 9.05. The van der Waals surface area contributed by atoms with E-state index in [-0.39, 0.29) is 36.7 Å². The van der Waals surface area contributed by atoms with Crippen LogP contribution in [0.3, 0.4) is 0 Å². The quantitative estimate of drug-likeness (QED) is 0.579. The number of hydrazine groups is 2. The number of carbonyl (C=O) groups is 2. The lowest BCUT2D eigenvalue weighted by Gasteiger charge is -2.34. The number of urea groups is 1. The Morgan fingerprint density at radius 3 is 2.62 bits per heavy atom. The van der Waals surface area contributed by atoms with Crippen molar-refractivity contribution >= 4 is 29.2 Å². The molecule has 34 heavy (non-hydrogen) atoms. The van der Waals surface area contributed by atoms with Crippen LogP contribution in [-0.2, 0) is 4.79 Å². The van der Waals surface area contributed by atoms with E-state index in [4.69, 9.17) is 21.1 Å². The predicted octanol–water partition coefficient (Wildman–Crippen LogP) is 2.67. The molecule has 0 bridgehead atoms. The van der Waals surface area contributed by atoms with Gasteiger partial charge >= 0.3 is 6.03 Å². The Balaban J connectivity index is 1.23. The second-order valence-electron chi connectivity index (χ2n) is 8.21. The third kappa shape index (κ3) is 4.11. The number of anilines is 1. The van der Waals surface area contributed by atoms with Crippen molar-refractivity contribution in [3.8, 4) is 11.5 Å². The molecule has 10 nitrogen and oxygen atoms in total. The maximum absolute atomic E-state index is 12.9. The van der Waals surface area contributed by atoms with Crippen LogP contribution < -0.4 is 25.6 Å². The number of amides is 3. The number of rotatable bonds is 6.